The number of benzene rings is 1. The molecule has 1 aliphatic heterocycles. The Labute approximate surface area is 131 Å². The first kappa shape index (κ1) is 15.5. The van der Waals surface area contributed by atoms with Crippen LogP contribution in [-0.4, -0.2) is 32.3 Å². The lowest BCUT2D eigenvalue weighted by molar-refractivity contribution is 0.0765. The van der Waals surface area contributed by atoms with E-state index in [9.17, 15) is 13.2 Å². The van der Waals surface area contributed by atoms with Gasteiger partial charge in [-0.1, -0.05) is 27.6 Å². The minimum absolute atomic E-state index is 0.0823. The van der Waals surface area contributed by atoms with Crippen LogP contribution in [0.3, 0.4) is 0 Å². The zero-order chi connectivity index (χ0) is 14.9. The highest BCUT2D eigenvalue weighted by molar-refractivity contribution is 9.10. The van der Waals surface area contributed by atoms with Gasteiger partial charge in [-0.25, -0.2) is 8.42 Å². The average Bonchev–Trinajstić information content (AvgIpc) is 2.36. The second-order valence-corrected chi connectivity index (χ2v) is 8.16. The van der Waals surface area contributed by atoms with Gasteiger partial charge in [-0.05, 0) is 31.5 Å². The monoisotopic (exact) mass is 377 g/mol. The number of hydrogen-bond acceptors (Lipinski definition) is 3. The molecule has 0 aliphatic carbocycles. The van der Waals surface area contributed by atoms with Gasteiger partial charge in [0, 0.05) is 33.8 Å². The topological polar surface area (TPSA) is 54.5 Å². The molecule has 0 saturated carbocycles. The SMILES string of the molecule is CC1=CCCN(C(=O)c2cc(Br)cc(S(=O)(=O)Cl)c2)C1. The van der Waals surface area contributed by atoms with Crippen LogP contribution in [0.1, 0.15) is 23.7 Å². The van der Waals surface area contributed by atoms with E-state index >= 15 is 0 Å². The lowest BCUT2D eigenvalue weighted by atomic mass is 10.1. The molecule has 2 rings (SSSR count). The summed E-state index contributed by atoms with van der Waals surface area (Å²) in [5.74, 6) is -0.194. The van der Waals surface area contributed by atoms with Crippen LogP contribution in [0, 0.1) is 0 Å². The normalized spacial score (nSPS) is 15.9. The van der Waals surface area contributed by atoms with E-state index in [4.69, 9.17) is 10.7 Å². The minimum Gasteiger partial charge on any atom is -0.334 e. The molecule has 1 aromatic rings. The lowest BCUT2D eigenvalue weighted by Gasteiger charge is -2.26. The van der Waals surface area contributed by atoms with Crippen molar-refractivity contribution in [3.05, 3.63) is 39.9 Å². The largest absolute Gasteiger partial charge is 0.334 e. The summed E-state index contributed by atoms with van der Waals surface area (Å²) in [4.78, 5) is 14.0. The third-order valence-corrected chi connectivity index (χ3v) is 4.81. The highest BCUT2D eigenvalue weighted by Gasteiger charge is 2.21. The van der Waals surface area contributed by atoms with E-state index in [-0.39, 0.29) is 10.8 Å². The van der Waals surface area contributed by atoms with E-state index in [1.54, 1.807) is 11.0 Å². The van der Waals surface area contributed by atoms with Crippen LogP contribution in [0.5, 0.6) is 0 Å². The van der Waals surface area contributed by atoms with Crippen LogP contribution >= 0.6 is 26.6 Å². The van der Waals surface area contributed by atoms with Crippen LogP contribution in [0.15, 0.2) is 39.2 Å². The van der Waals surface area contributed by atoms with Gasteiger partial charge in [0.05, 0.1) is 4.90 Å². The van der Waals surface area contributed by atoms with Crippen molar-refractivity contribution in [2.45, 2.75) is 18.2 Å². The first-order valence-electron chi connectivity index (χ1n) is 5.97. The summed E-state index contributed by atoms with van der Waals surface area (Å²) in [6.45, 7) is 3.16. The number of nitrogens with zero attached hydrogens (tertiary/aromatic N) is 1. The molecule has 0 unspecified atom stereocenters. The maximum atomic E-state index is 12.4. The van der Waals surface area contributed by atoms with Crippen molar-refractivity contribution in [2.75, 3.05) is 13.1 Å². The van der Waals surface area contributed by atoms with E-state index in [0.29, 0.717) is 23.1 Å². The average molecular weight is 379 g/mol. The quantitative estimate of drug-likeness (QED) is 0.587. The van der Waals surface area contributed by atoms with Crippen molar-refractivity contribution in [3.8, 4) is 0 Å². The fourth-order valence-electron chi connectivity index (χ4n) is 2.09. The molecule has 1 amide bonds. The van der Waals surface area contributed by atoms with E-state index in [1.807, 2.05) is 6.92 Å². The van der Waals surface area contributed by atoms with Crippen molar-refractivity contribution < 1.29 is 13.2 Å². The molecule has 0 bridgehead atoms. The standard InChI is InChI=1S/C13H13BrClNO3S/c1-9-3-2-4-16(8-9)13(17)10-5-11(14)7-12(6-10)20(15,18)19/h3,5-7H,2,4,8H2,1H3. The predicted molar refractivity (Wildman–Crippen MR) is 81.5 cm³/mol. The van der Waals surface area contributed by atoms with Crippen molar-refractivity contribution in [2.24, 2.45) is 0 Å². The highest BCUT2D eigenvalue weighted by atomic mass is 79.9. The van der Waals surface area contributed by atoms with Gasteiger partial charge in [0.1, 0.15) is 0 Å². The summed E-state index contributed by atoms with van der Waals surface area (Å²) in [6, 6.07) is 4.28. The second kappa shape index (κ2) is 5.87. The summed E-state index contributed by atoms with van der Waals surface area (Å²) in [5.41, 5.74) is 1.44. The van der Waals surface area contributed by atoms with E-state index in [2.05, 4.69) is 22.0 Å². The number of hydrogen-bond donors (Lipinski definition) is 0. The van der Waals surface area contributed by atoms with Crippen LogP contribution in [0.2, 0.25) is 0 Å². The first-order valence-corrected chi connectivity index (χ1v) is 9.08. The van der Waals surface area contributed by atoms with Crippen LogP contribution in [0.25, 0.3) is 0 Å². The van der Waals surface area contributed by atoms with Crippen LogP contribution in [0.4, 0.5) is 0 Å². The van der Waals surface area contributed by atoms with Crippen LogP contribution in [-0.2, 0) is 9.05 Å². The molecule has 4 nitrogen and oxygen atoms in total. The van der Waals surface area contributed by atoms with Gasteiger partial charge < -0.3 is 4.90 Å². The molecule has 108 valence electrons. The summed E-state index contributed by atoms with van der Waals surface area (Å²) >= 11 is 3.20. The number of rotatable bonds is 2. The van der Waals surface area contributed by atoms with E-state index in [1.165, 1.54) is 12.1 Å². The Kier molecular flexibility index (Phi) is 4.56. The number of amides is 1. The molecule has 20 heavy (non-hydrogen) atoms. The smallest absolute Gasteiger partial charge is 0.261 e. The van der Waals surface area contributed by atoms with Gasteiger partial charge in [0.15, 0.2) is 0 Å². The van der Waals surface area contributed by atoms with Gasteiger partial charge in [0.2, 0.25) is 0 Å². The second-order valence-electron chi connectivity index (χ2n) is 4.68. The van der Waals surface area contributed by atoms with Gasteiger partial charge >= 0.3 is 0 Å². The molecule has 0 spiro atoms. The molecule has 1 aliphatic rings. The molecular weight excluding hydrogens is 366 g/mol. The summed E-state index contributed by atoms with van der Waals surface area (Å²) < 4.78 is 23.3. The molecule has 0 atom stereocenters. The molecule has 0 aromatic heterocycles. The van der Waals surface area contributed by atoms with Gasteiger partial charge in [-0.2, -0.15) is 0 Å². The molecule has 1 aromatic carbocycles. The Hall–Kier alpha value is -0.850. The molecule has 0 saturated heterocycles. The number of halogens is 2. The molecule has 0 N–H and O–H groups in total. The molecule has 7 heteroatoms. The van der Waals surface area contributed by atoms with Crippen LogP contribution < -0.4 is 0 Å². The zero-order valence-corrected chi connectivity index (χ0v) is 13.9. The number of carbonyl (C=O) groups is 1. The van der Waals surface area contributed by atoms with E-state index in [0.717, 1.165) is 12.0 Å². The highest BCUT2D eigenvalue weighted by Crippen LogP contribution is 2.24. The maximum absolute atomic E-state index is 12.4. The molecule has 1 heterocycles. The Bertz CT molecular complexity index is 685. The van der Waals surface area contributed by atoms with Crippen molar-refractivity contribution in [1.29, 1.82) is 0 Å². The lowest BCUT2D eigenvalue weighted by Crippen LogP contribution is -2.35. The molecule has 0 radical (unpaired) electrons. The maximum Gasteiger partial charge on any atom is 0.261 e. The third-order valence-electron chi connectivity index (χ3n) is 3.02. The Morgan fingerprint density at radius 3 is 2.65 bits per heavy atom. The fourth-order valence-corrected chi connectivity index (χ4v) is 3.54. The van der Waals surface area contributed by atoms with Crippen molar-refractivity contribution >= 4 is 41.6 Å². The summed E-state index contributed by atoms with van der Waals surface area (Å²) in [6.07, 6.45) is 2.91. The van der Waals surface area contributed by atoms with Gasteiger partial charge in [-0.3, -0.25) is 4.79 Å². The number of carbonyl (C=O) groups excluding carboxylic acids is 1. The van der Waals surface area contributed by atoms with Crippen molar-refractivity contribution in [1.82, 2.24) is 4.90 Å². The predicted octanol–water partition coefficient (Wildman–Crippen LogP) is 3.17. The Morgan fingerprint density at radius 2 is 2.05 bits per heavy atom. The molecular formula is C13H13BrClNO3S. The van der Waals surface area contributed by atoms with Gasteiger partial charge in [-0.15, -0.1) is 0 Å². The Balaban J connectivity index is 2.36. The third kappa shape index (κ3) is 3.62. The van der Waals surface area contributed by atoms with Gasteiger partial charge in [0.25, 0.3) is 15.0 Å². The minimum atomic E-state index is -3.86. The molecule has 0 fully saturated rings. The van der Waals surface area contributed by atoms with Crippen molar-refractivity contribution in [3.63, 3.8) is 0 Å². The Morgan fingerprint density at radius 1 is 1.35 bits per heavy atom. The zero-order valence-electron chi connectivity index (χ0n) is 10.8. The van der Waals surface area contributed by atoms with E-state index < -0.39 is 9.05 Å². The first-order chi connectivity index (χ1) is 9.27. The summed E-state index contributed by atoms with van der Waals surface area (Å²) in [5, 5.41) is 0. The fraction of sp³-hybridized carbons (Fsp3) is 0.308. The summed E-state index contributed by atoms with van der Waals surface area (Å²) in [7, 11) is 1.47.